The zero-order valence-corrected chi connectivity index (χ0v) is 10.7. The van der Waals surface area contributed by atoms with Crippen molar-refractivity contribution in [2.24, 2.45) is 0 Å². The standard InChI is InChI=1S/C11H13BrN2O2/c1-8-10(12)6-9(7-11(8)14(15)16)13-4-2-3-5-13/h6-7H,2-5H2,1H3. The normalized spacial score (nSPS) is 15.5. The number of halogens is 1. The molecule has 0 unspecified atom stereocenters. The number of rotatable bonds is 2. The lowest BCUT2D eigenvalue weighted by molar-refractivity contribution is -0.385. The molecule has 2 rings (SSSR count). The fourth-order valence-electron chi connectivity index (χ4n) is 2.00. The van der Waals surface area contributed by atoms with Gasteiger partial charge in [-0.05, 0) is 25.8 Å². The average Bonchev–Trinajstić information content (AvgIpc) is 2.74. The number of anilines is 1. The fourth-order valence-corrected chi connectivity index (χ4v) is 2.44. The van der Waals surface area contributed by atoms with Gasteiger partial charge in [-0.3, -0.25) is 10.1 Å². The predicted octanol–water partition coefficient (Wildman–Crippen LogP) is 3.27. The van der Waals surface area contributed by atoms with Gasteiger partial charge in [-0.2, -0.15) is 0 Å². The van der Waals surface area contributed by atoms with Crippen molar-refractivity contribution in [3.8, 4) is 0 Å². The van der Waals surface area contributed by atoms with Crippen LogP contribution in [0.4, 0.5) is 11.4 Å². The second-order valence-corrected chi connectivity index (χ2v) is 4.88. The zero-order chi connectivity index (χ0) is 11.7. The summed E-state index contributed by atoms with van der Waals surface area (Å²) in [5.74, 6) is 0. The van der Waals surface area contributed by atoms with E-state index in [1.54, 1.807) is 13.0 Å². The molecule has 1 heterocycles. The molecule has 16 heavy (non-hydrogen) atoms. The van der Waals surface area contributed by atoms with Gasteiger partial charge in [-0.25, -0.2) is 0 Å². The molecule has 1 aliphatic heterocycles. The highest BCUT2D eigenvalue weighted by Crippen LogP contribution is 2.33. The first-order valence-electron chi connectivity index (χ1n) is 5.29. The van der Waals surface area contributed by atoms with E-state index in [1.165, 1.54) is 12.8 Å². The van der Waals surface area contributed by atoms with Crippen molar-refractivity contribution in [2.45, 2.75) is 19.8 Å². The van der Waals surface area contributed by atoms with Crippen LogP contribution in [0.2, 0.25) is 0 Å². The summed E-state index contributed by atoms with van der Waals surface area (Å²) >= 11 is 3.38. The Kier molecular flexibility index (Phi) is 3.14. The number of nitrogens with zero attached hydrogens (tertiary/aromatic N) is 2. The molecule has 1 aromatic rings. The molecular weight excluding hydrogens is 272 g/mol. The van der Waals surface area contributed by atoms with Gasteiger partial charge in [0.15, 0.2) is 0 Å². The summed E-state index contributed by atoms with van der Waals surface area (Å²) < 4.78 is 0.809. The van der Waals surface area contributed by atoms with Gasteiger partial charge in [0.25, 0.3) is 5.69 Å². The first kappa shape index (κ1) is 11.4. The quantitative estimate of drug-likeness (QED) is 0.619. The van der Waals surface area contributed by atoms with E-state index >= 15 is 0 Å². The van der Waals surface area contributed by atoms with Crippen molar-refractivity contribution >= 4 is 27.3 Å². The summed E-state index contributed by atoms with van der Waals surface area (Å²) in [4.78, 5) is 12.8. The first-order chi connectivity index (χ1) is 7.59. The maximum atomic E-state index is 10.9. The van der Waals surface area contributed by atoms with Crippen molar-refractivity contribution < 1.29 is 4.92 Å². The lowest BCUT2D eigenvalue weighted by Gasteiger charge is -2.18. The van der Waals surface area contributed by atoms with E-state index in [0.29, 0.717) is 5.56 Å². The molecule has 1 aliphatic rings. The van der Waals surface area contributed by atoms with Gasteiger partial charge in [-0.1, -0.05) is 15.9 Å². The summed E-state index contributed by atoms with van der Waals surface area (Å²) in [6, 6.07) is 3.64. The predicted molar refractivity (Wildman–Crippen MR) is 67.0 cm³/mol. The lowest BCUT2D eigenvalue weighted by Crippen LogP contribution is -2.17. The third-order valence-electron chi connectivity index (χ3n) is 2.97. The van der Waals surface area contributed by atoms with Gasteiger partial charge in [0, 0.05) is 34.9 Å². The maximum absolute atomic E-state index is 10.9. The van der Waals surface area contributed by atoms with Crippen molar-refractivity contribution in [3.63, 3.8) is 0 Å². The number of benzene rings is 1. The van der Waals surface area contributed by atoms with Gasteiger partial charge in [0.1, 0.15) is 0 Å². The van der Waals surface area contributed by atoms with Crippen molar-refractivity contribution in [3.05, 3.63) is 32.3 Å². The highest BCUT2D eigenvalue weighted by molar-refractivity contribution is 9.10. The van der Waals surface area contributed by atoms with Gasteiger partial charge in [0.05, 0.1) is 4.92 Å². The molecule has 0 N–H and O–H groups in total. The number of nitro groups is 1. The Morgan fingerprint density at radius 3 is 2.56 bits per heavy atom. The van der Waals surface area contributed by atoms with Crippen LogP contribution in [0.25, 0.3) is 0 Å². The Morgan fingerprint density at radius 2 is 2.00 bits per heavy atom. The van der Waals surface area contributed by atoms with E-state index in [2.05, 4.69) is 20.8 Å². The van der Waals surface area contributed by atoms with Gasteiger partial charge in [-0.15, -0.1) is 0 Å². The van der Waals surface area contributed by atoms with E-state index in [4.69, 9.17) is 0 Å². The van der Waals surface area contributed by atoms with Crippen LogP contribution in [-0.2, 0) is 0 Å². The van der Waals surface area contributed by atoms with Crippen LogP contribution in [0, 0.1) is 17.0 Å². The Morgan fingerprint density at radius 1 is 1.38 bits per heavy atom. The molecule has 0 aromatic heterocycles. The van der Waals surface area contributed by atoms with Gasteiger partial charge >= 0.3 is 0 Å². The van der Waals surface area contributed by atoms with Crippen molar-refractivity contribution in [1.29, 1.82) is 0 Å². The molecule has 1 aromatic carbocycles. The summed E-state index contributed by atoms with van der Waals surface area (Å²) in [6.45, 7) is 3.75. The molecule has 0 spiro atoms. The minimum Gasteiger partial charge on any atom is -0.371 e. The lowest BCUT2D eigenvalue weighted by atomic mass is 10.1. The Hall–Kier alpha value is -1.10. The van der Waals surface area contributed by atoms with E-state index in [-0.39, 0.29) is 10.6 Å². The maximum Gasteiger partial charge on any atom is 0.275 e. The highest BCUT2D eigenvalue weighted by Gasteiger charge is 2.19. The smallest absolute Gasteiger partial charge is 0.275 e. The van der Waals surface area contributed by atoms with E-state index in [9.17, 15) is 10.1 Å². The minimum atomic E-state index is -0.320. The summed E-state index contributed by atoms with van der Waals surface area (Å²) in [6.07, 6.45) is 2.33. The molecule has 0 bridgehead atoms. The van der Waals surface area contributed by atoms with E-state index in [1.807, 2.05) is 6.07 Å². The van der Waals surface area contributed by atoms with Crippen LogP contribution < -0.4 is 4.90 Å². The third kappa shape index (κ3) is 2.04. The third-order valence-corrected chi connectivity index (χ3v) is 3.79. The molecule has 0 radical (unpaired) electrons. The van der Waals surface area contributed by atoms with Crippen LogP contribution in [0.1, 0.15) is 18.4 Å². The zero-order valence-electron chi connectivity index (χ0n) is 9.07. The second-order valence-electron chi connectivity index (χ2n) is 4.02. The SMILES string of the molecule is Cc1c(Br)cc(N2CCCC2)cc1[N+](=O)[O-]. The van der Waals surface area contributed by atoms with Gasteiger partial charge < -0.3 is 4.90 Å². The Labute approximate surface area is 103 Å². The topological polar surface area (TPSA) is 46.4 Å². The largest absolute Gasteiger partial charge is 0.371 e. The molecule has 0 saturated carbocycles. The van der Waals surface area contributed by atoms with E-state index in [0.717, 1.165) is 23.2 Å². The summed E-state index contributed by atoms with van der Waals surface area (Å²) in [7, 11) is 0. The van der Waals surface area contributed by atoms with Crippen LogP contribution in [0.15, 0.2) is 16.6 Å². The van der Waals surface area contributed by atoms with Crippen molar-refractivity contribution in [1.82, 2.24) is 0 Å². The van der Waals surface area contributed by atoms with Crippen molar-refractivity contribution in [2.75, 3.05) is 18.0 Å². The van der Waals surface area contributed by atoms with Crippen LogP contribution >= 0.6 is 15.9 Å². The number of hydrogen-bond donors (Lipinski definition) is 0. The molecule has 1 saturated heterocycles. The minimum absolute atomic E-state index is 0.191. The summed E-state index contributed by atoms with van der Waals surface area (Å²) in [5.41, 5.74) is 1.82. The monoisotopic (exact) mass is 284 g/mol. The fraction of sp³-hybridized carbons (Fsp3) is 0.455. The summed E-state index contributed by atoms with van der Waals surface area (Å²) in [5, 5.41) is 10.9. The number of hydrogen-bond acceptors (Lipinski definition) is 3. The molecule has 0 amide bonds. The first-order valence-corrected chi connectivity index (χ1v) is 6.08. The van der Waals surface area contributed by atoms with Crippen LogP contribution in [0.5, 0.6) is 0 Å². The molecular formula is C11H13BrN2O2. The number of nitro benzene ring substituents is 1. The molecule has 4 nitrogen and oxygen atoms in total. The van der Waals surface area contributed by atoms with Gasteiger partial charge in [0.2, 0.25) is 0 Å². The molecule has 0 aliphatic carbocycles. The Balaban J connectivity index is 2.43. The van der Waals surface area contributed by atoms with Crippen LogP contribution in [-0.4, -0.2) is 18.0 Å². The molecule has 1 fully saturated rings. The van der Waals surface area contributed by atoms with Crippen LogP contribution in [0.3, 0.4) is 0 Å². The second kappa shape index (κ2) is 4.41. The molecule has 0 atom stereocenters. The average molecular weight is 285 g/mol. The Bertz CT molecular complexity index is 428. The molecule has 5 heteroatoms. The molecule has 86 valence electrons. The van der Waals surface area contributed by atoms with E-state index < -0.39 is 0 Å². The highest BCUT2D eigenvalue weighted by atomic mass is 79.9.